The first-order valence-electron chi connectivity index (χ1n) is 4.68. The molecule has 2 aromatic rings. The van der Waals surface area contributed by atoms with E-state index in [2.05, 4.69) is 5.10 Å². The summed E-state index contributed by atoms with van der Waals surface area (Å²) in [5, 5.41) is 4.53. The molecule has 0 fully saturated rings. The number of fused-ring (bicyclic) bond motifs is 1. The van der Waals surface area contributed by atoms with E-state index < -0.39 is 12.4 Å². The molecule has 1 aromatic carbocycles. The van der Waals surface area contributed by atoms with Crippen LogP contribution < -0.4 is 5.46 Å². The van der Waals surface area contributed by atoms with E-state index in [1.54, 1.807) is 4.68 Å². The smallest absolute Gasteiger partial charge is 0.445 e. The van der Waals surface area contributed by atoms with Crippen LogP contribution >= 0.6 is 0 Å². The summed E-state index contributed by atoms with van der Waals surface area (Å²) in [7, 11) is 0. The second-order valence-electron chi connectivity index (χ2n) is 3.35. The van der Waals surface area contributed by atoms with Crippen LogP contribution in [0, 0.1) is 0 Å². The first-order valence-corrected chi connectivity index (χ1v) is 4.68. The van der Waals surface area contributed by atoms with Gasteiger partial charge < -0.3 is 12.9 Å². The van der Waals surface area contributed by atoms with Crippen LogP contribution in [0.5, 0.6) is 0 Å². The Morgan fingerprint density at radius 3 is 2.67 bits per heavy atom. The van der Waals surface area contributed by atoms with Crippen molar-refractivity contribution in [3.05, 3.63) is 24.4 Å². The minimum atomic E-state index is -4.92. The zero-order valence-corrected chi connectivity index (χ0v) is 8.12. The highest BCUT2D eigenvalue weighted by molar-refractivity contribution is 6.73. The molecule has 15 heavy (non-hydrogen) atoms. The molecule has 0 spiro atoms. The van der Waals surface area contributed by atoms with Gasteiger partial charge in [0.1, 0.15) is 0 Å². The molecule has 0 bridgehead atoms. The van der Waals surface area contributed by atoms with E-state index in [0.717, 1.165) is 17.6 Å². The molecule has 0 saturated carbocycles. The first kappa shape index (κ1) is 10.1. The van der Waals surface area contributed by atoms with Gasteiger partial charge in [0.25, 0.3) is 0 Å². The third-order valence-corrected chi connectivity index (χ3v) is 2.34. The number of aromatic nitrogens is 2. The van der Waals surface area contributed by atoms with E-state index in [1.807, 2.05) is 6.92 Å². The molecule has 6 heteroatoms. The Bertz CT molecular complexity index is 490. The van der Waals surface area contributed by atoms with Gasteiger partial charge in [0.2, 0.25) is 0 Å². The number of rotatable bonds is 2. The van der Waals surface area contributed by atoms with E-state index >= 15 is 0 Å². The summed E-state index contributed by atoms with van der Waals surface area (Å²) in [5.74, 6) is 0. The number of hydrogen-bond donors (Lipinski definition) is 0. The highest BCUT2D eigenvalue weighted by Crippen LogP contribution is 2.16. The quantitative estimate of drug-likeness (QED) is 0.698. The van der Waals surface area contributed by atoms with Crippen LogP contribution in [0.25, 0.3) is 10.9 Å². The summed E-state index contributed by atoms with van der Waals surface area (Å²) in [6, 6.07) is 3.72. The van der Waals surface area contributed by atoms with Crippen LogP contribution in [-0.2, 0) is 6.54 Å². The molecular formula is C9H9BF3N2-. The summed E-state index contributed by atoms with van der Waals surface area (Å²) >= 11 is 0. The molecule has 0 aliphatic rings. The van der Waals surface area contributed by atoms with Gasteiger partial charge in [0, 0.05) is 11.9 Å². The van der Waals surface area contributed by atoms with E-state index in [9.17, 15) is 12.9 Å². The lowest BCUT2D eigenvalue weighted by Crippen LogP contribution is -2.33. The molecule has 0 unspecified atom stereocenters. The summed E-state index contributed by atoms with van der Waals surface area (Å²) in [4.78, 5) is 0. The highest BCUT2D eigenvalue weighted by Gasteiger charge is 2.25. The van der Waals surface area contributed by atoms with Gasteiger partial charge >= 0.3 is 6.98 Å². The van der Waals surface area contributed by atoms with Gasteiger partial charge in [-0.25, -0.2) is 0 Å². The molecule has 0 amide bonds. The molecule has 0 aliphatic carbocycles. The van der Waals surface area contributed by atoms with Gasteiger partial charge in [-0.3, -0.25) is 4.68 Å². The van der Waals surface area contributed by atoms with Crippen molar-refractivity contribution < 1.29 is 12.9 Å². The second-order valence-corrected chi connectivity index (χ2v) is 3.35. The monoisotopic (exact) mass is 213 g/mol. The molecule has 1 aromatic heterocycles. The van der Waals surface area contributed by atoms with Crippen molar-refractivity contribution in [3.8, 4) is 0 Å². The number of halogens is 3. The van der Waals surface area contributed by atoms with Crippen molar-refractivity contribution in [2.45, 2.75) is 13.5 Å². The minimum Gasteiger partial charge on any atom is -0.445 e. The van der Waals surface area contributed by atoms with Crippen LogP contribution in [0.2, 0.25) is 0 Å². The molecule has 0 radical (unpaired) electrons. The lowest BCUT2D eigenvalue weighted by atomic mass is 9.80. The van der Waals surface area contributed by atoms with Gasteiger partial charge in [0.15, 0.2) is 0 Å². The Balaban J connectivity index is 2.58. The van der Waals surface area contributed by atoms with Gasteiger partial charge in [-0.15, -0.1) is 5.46 Å². The van der Waals surface area contributed by atoms with Crippen molar-refractivity contribution in [3.63, 3.8) is 0 Å². The molecule has 1 heterocycles. The maximum atomic E-state index is 12.4. The molecule has 80 valence electrons. The second kappa shape index (κ2) is 3.29. The number of hydrogen-bond acceptors (Lipinski definition) is 1. The predicted molar refractivity (Wildman–Crippen MR) is 54.1 cm³/mol. The van der Waals surface area contributed by atoms with E-state index in [0.29, 0.717) is 11.9 Å². The minimum absolute atomic E-state index is 0.536. The molecule has 0 saturated heterocycles. The largest absolute Gasteiger partial charge is 0.509 e. The number of benzene rings is 1. The fourth-order valence-corrected chi connectivity index (χ4v) is 1.56. The van der Waals surface area contributed by atoms with Crippen molar-refractivity contribution >= 4 is 23.3 Å². The molecule has 0 atom stereocenters. The Morgan fingerprint density at radius 2 is 2.07 bits per heavy atom. The van der Waals surface area contributed by atoms with Gasteiger partial charge in [-0.2, -0.15) is 5.10 Å². The average Bonchev–Trinajstić information content (AvgIpc) is 2.58. The summed E-state index contributed by atoms with van der Waals surface area (Å²) < 4.78 is 39.0. The fourth-order valence-electron chi connectivity index (χ4n) is 1.56. The van der Waals surface area contributed by atoms with Crippen molar-refractivity contribution in [2.75, 3.05) is 0 Å². The maximum Gasteiger partial charge on any atom is 0.509 e. The maximum absolute atomic E-state index is 12.4. The van der Waals surface area contributed by atoms with Crippen molar-refractivity contribution in [1.82, 2.24) is 9.78 Å². The number of aryl methyl sites for hydroxylation is 1. The average molecular weight is 213 g/mol. The topological polar surface area (TPSA) is 17.8 Å². The van der Waals surface area contributed by atoms with E-state index in [4.69, 9.17) is 0 Å². The molecule has 0 N–H and O–H groups in total. The molecular weight excluding hydrogens is 204 g/mol. The predicted octanol–water partition coefficient (Wildman–Crippen LogP) is 2.11. The highest BCUT2D eigenvalue weighted by atomic mass is 19.4. The van der Waals surface area contributed by atoms with Gasteiger partial charge in [0.05, 0.1) is 11.7 Å². The normalized spacial score (nSPS) is 12.3. The zero-order valence-electron chi connectivity index (χ0n) is 8.12. The Kier molecular flexibility index (Phi) is 2.21. The third-order valence-electron chi connectivity index (χ3n) is 2.34. The van der Waals surface area contributed by atoms with Gasteiger partial charge in [-0.1, -0.05) is 12.1 Å². The van der Waals surface area contributed by atoms with Crippen molar-refractivity contribution in [1.29, 1.82) is 0 Å². The summed E-state index contributed by atoms with van der Waals surface area (Å²) in [6.07, 6.45) is 1.46. The van der Waals surface area contributed by atoms with Crippen LogP contribution in [0.3, 0.4) is 0 Å². The van der Waals surface area contributed by atoms with Crippen molar-refractivity contribution in [2.24, 2.45) is 0 Å². The Morgan fingerprint density at radius 1 is 1.33 bits per heavy atom. The first-order chi connectivity index (χ1) is 7.02. The molecule has 2 nitrogen and oxygen atoms in total. The Hall–Kier alpha value is -1.46. The van der Waals surface area contributed by atoms with Crippen LogP contribution in [0.4, 0.5) is 12.9 Å². The van der Waals surface area contributed by atoms with Crippen LogP contribution in [0.1, 0.15) is 6.92 Å². The summed E-state index contributed by atoms with van der Waals surface area (Å²) in [6.45, 7) is -2.37. The number of nitrogens with zero attached hydrogens (tertiary/aromatic N) is 2. The Labute approximate surface area is 84.8 Å². The fraction of sp³-hybridized carbons (Fsp3) is 0.222. The van der Waals surface area contributed by atoms with Gasteiger partial charge in [-0.05, 0) is 13.0 Å². The lowest BCUT2D eigenvalue weighted by molar-refractivity contribution is 0.501. The standard InChI is InChI=1S/C9H9BF3N2/c1-2-15-9-4-3-8(10(11,12)13)5-7(9)6-14-15/h3-6H,2H2,1H3/q-1. The third kappa shape index (κ3) is 1.71. The summed E-state index contributed by atoms with van der Waals surface area (Å²) in [5.41, 5.74) is 0.166. The molecule has 2 rings (SSSR count). The van der Waals surface area contributed by atoms with Crippen LogP contribution in [0.15, 0.2) is 24.4 Å². The SMILES string of the molecule is CCn1ncc2cc([B-](F)(F)F)ccc21. The van der Waals surface area contributed by atoms with E-state index in [1.165, 1.54) is 12.3 Å². The van der Waals surface area contributed by atoms with Crippen LogP contribution in [-0.4, -0.2) is 16.8 Å². The zero-order chi connectivity index (χ0) is 11.1. The molecule has 0 aliphatic heterocycles. The lowest BCUT2D eigenvalue weighted by Gasteiger charge is -2.14. The van der Waals surface area contributed by atoms with E-state index in [-0.39, 0.29) is 0 Å².